The van der Waals surface area contributed by atoms with Gasteiger partial charge in [-0.05, 0) is 38.5 Å². The van der Waals surface area contributed by atoms with Crippen molar-refractivity contribution in [2.75, 3.05) is 20.2 Å². The lowest BCUT2D eigenvalue weighted by Gasteiger charge is -2.24. The summed E-state index contributed by atoms with van der Waals surface area (Å²) in [5.41, 5.74) is 0.163. The first-order chi connectivity index (χ1) is 11.1. The minimum Gasteiger partial charge on any atom is -0.469 e. The molecule has 1 amide bonds. The maximum Gasteiger partial charge on any atom is 0.410 e. The predicted molar refractivity (Wildman–Crippen MR) is 92.5 cm³/mol. The fourth-order valence-electron chi connectivity index (χ4n) is 2.79. The van der Waals surface area contributed by atoms with Gasteiger partial charge in [0.2, 0.25) is 0 Å². The lowest BCUT2D eigenvalue weighted by atomic mass is 9.89. The van der Waals surface area contributed by atoms with Crippen LogP contribution in [-0.4, -0.2) is 42.8 Å². The summed E-state index contributed by atoms with van der Waals surface area (Å²) in [6.07, 6.45) is -0.455. The van der Waals surface area contributed by atoms with Gasteiger partial charge in [0.15, 0.2) is 0 Å². The van der Waals surface area contributed by atoms with Crippen molar-refractivity contribution < 1.29 is 19.1 Å². The molecule has 0 bridgehead atoms. The molecular weight excluding hydrogens is 353 g/mol. The maximum atomic E-state index is 12.3. The summed E-state index contributed by atoms with van der Waals surface area (Å²) in [7, 11) is 1.33. The van der Waals surface area contributed by atoms with Crippen LogP contribution in [0.4, 0.5) is 4.79 Å². The van der Waals surface area contributed by atoms with Crippen molar-refractivity contribution in [1.29, 1.82) is 0 Å². The predicted octanol–water partition coefficient (Wildman–Crippen LogP) is 4.12. The van der Waals surface area contributed by atoms with Gasteiger partial charge in [0, 0.05) is 29.1 Å². The van der Waals surface area contributed by atoms with Crippen LogP contribution in [0.25, 0.3) is 0 Å². The first-order valence-electron chi connectivity index (χ1n) is 7.63. The number of likely N-dealkylation sites (tertiary alicyclic amines) is 1. The molecule has 1 aromatic rings. The highest BCUT2D eigenvalue weighted by Gasteiger charge is 2.43. The zero-order valence-corrected chi connectivity index (χ0v) is 15.6. The second-order valence-corrected chi connectivity index (χ2v) is 7.63. The Morgan fingerprint density at radius 1 is 1.21 bits per heavy atom. The van der Waals surface area contributed by atoms with Crippen molar-refractivity contribution in [3.05, 3.63) is 33.8 Å². The van der Waals surface area contributed by atoms with Gasteiger partial charge in [-0.3, -0.25) is 4.79 Å². The largest absolute Gasteiger partial charge is 0.469 e. The summed E-state index contributed by atoms with van der Waals surface area (Å²) >= 11 is 12.2. The van der Waals surface area contributed by atoms with E-state index in [1.165, 1.54) is 12.0 Å². The normalized spacial score (nSPS) is 20.8. The fraction of sp³-hybridized carbons (Fsp3) is 0.529. The highest BCUT2D eigenvalue weighted by Crippen LogP contribution is 2.38. The quantitative estimate of drug-likeness (QED) is 0.731. The number of ether oxygens (including phenoxy) is 2. The van der Waals surface area contributed by atoms with E-state index in [0.29, 0.717) is 16.6 Å². The van der Waals surface area contributed by atoms with Gasteiger partial charge in [-0.15, -0.1) is 0 Å². The van der Waals surface area contributed by atoms with Gasteiger partial charge in [-0.25, -0.2) is 4.79 Å². The molecule has 1 aliphatic rings. The second-order valence-electron chi connectivity index (χ2n) is 6.79. The van der Waals surface area contributed by atoms with E-state index in [0.717, 1.165) is 5.56 Å². The first-order valence-corrected chi connectivity index (χ1v) is 8.38. The third-order valence-corrected chi connectivity index (χ3v) is 4.40. The molecule has 0 aromatic heterocycles. The third-order valence-electron chi connectivity index (χ3n) is 3.84. The molecule has 7 heteroatoms. The lowest BCUT2D eigenvalue weighted by Crippen LogP contribution is -2.36. The number of carbonyl (C=O) groups is 2. The van der Waals surface area contributed by atoms with Gasteiger partial charge in [0.05, 0.1) is 13.0 Å². The summed E-state index contributed by atoms with van der Waals surface area (Å²) in [6.45, 7) is 5.95. The Labute approximate surface area is 151 Å². The Hall–Kier alpha value is -1.46. The molecule has 0 N–H and O–H groups in total. The average molecular weight is 374 g/mol. The second kappa shape index (κ2) is 7.19. The van der Waals surface area contributed by atoms with Crippen molar-refractivity contribution in [2.45, 2.75) is 32.3 Å². The van der Waals surface area contributed by atoms with E-state index in [4.69, 9.17) is 32.7 Å². The highest BCUT2D eigenvalue weighted by atomic mass is 35.5. The molecule has 5 nitrogen and oxygen atoms in total. The number of halogens is 2. The van der Waals surface area contributed by atoms with E-state index < -0.39 is 17.6 Å². The molecule has 2 unspecified atom stereocenters. The summed E-state index contributed by atoms with van der Waals surface area (Å²) in [6, 6.07) is 5.13. The molecule has 24 heavy (non-hydrogen) atoms. The van der Waals surface area contributed by atoms with Gasteiger partial charge in [-0.1, -0.05) is 29.3 Å². The zero-order chi connectivity index (χ0) is 18.1. The SMILES string of the molecule is COC(=O)C1CN(C(=O)OC(C)(C)C)CC1c1ccc(Cl)cc1Cl. The van der Waals surface area contributed by atoms with Crippen LogP contribution in [0.2, 0.25) is 10.0 Å². The van der Waals surface area contributed by atoms with Crippen LogP contribution >= 0.6 is 23.2 Å². The monoisotopic (exact) mass is 373 g/mol. The first kappa shape index (κ1) is 18.9. The molecule has 1 heterocycles. The van der Waals surface area contributed by atoms with Crippen LogP contribution in [0.15, 0.2) is 18.2 Å². The summed E-state index contributed by atoms with van der Waals surface area (Å²) in [4.78, 5) is 26.0. The van der Waals surface area contributed by atoms with E-state index in [1.807, 2.05) is 0 Å². The number of nitrogens with zero attached hydrogens (tertiary/aromatic N) is 1. The molecule has 132 valence electrons. The van der Waals surface area contributed by atoms with Gasteiger partial charge >= 0.3 is 12.1 Å². The number of methoxy groups -OCH3 is 1. The van der Waals surface area contributed by atoms with Crippen LogP contribution in [0.1, 0.15) is 32.3 Å². The van der Waals surface area contributed by atoms with E-state index in [9.17, 15) is 9.59 Å². The van der Waals surface area contributed by atoms with Gasteiger partial charge < -0.3 is 14.4 Å². The Morgan fingerprint density at radius 2 is 1.88 bits per heavy atom. The van der Waals surface area contributed by atoms with Crippen LogP contribution in [-0.2, 0) is 14.3 Å². The Balaban J connectivity index is 2.28. The van der Waals surface area contributed by atoms with E-state index in [1.54, 1.807) is 39.0 Å². The Kier molecular flexibility index (Phi) is 5.66. The number of esters is 1. The minimum absolute atomic E-state index is 0.227. The standard InChI is InChI=1S/C17H21Cl2NO4/c1-17(2,3)24-16(22)20-8-12(13(9-20)15(21)23-4)11-6-5-10(18)7-14(11)19/h5-7,12-13H,8-9H2,1-4H3. The molecule has 1 fully saturated rings. The summed E-state index contributed by atoms with van der Waals surface area (Å²) in [5.74, 6) is -1.15. The number of amides is 1. The van der Waals surface area contributed by atoms with E-state index >= 15 is 0 Å². The number of rotatable bonds is 2. The lowest BCUT2D eigenvalue weighted by molar-refractivity contribution is -0.145. The van der Waals surface area contributed by atoms with Crippen LogP contribution in [0.3, 0.4) is 0 Å². The maximum absolute atomic E-state index is 12.3. The number of carbonyl (C=O) groups excluding carboxylic acids is 2. The molecule has 2 rings (SSSR count). The smallest absolute Gasteiger partial charge is 0.410 e. The molecule has 0 aliphatic carbocycles. The van der Waals surface area contributed by atoms with E-state index in [2.05, 4.69) is 0 Å². The topological polar surface area (TPSA) is 55.8 Å². The zero-order valence-electron chi connectivity index (χ0n) is 14.1. The minimum atomic E-state index is -0.603. The fourth-order valence-corrected chi connectivity index (χ4v) is 3.34. The van der Waals surface area contributed by atoms with Gasteiger partial charge in [0.1, 0.15) is 5.60 Å². The van der Waals surface area contributed by atoms with Crippen molar-refractivity contribution in [2.24, 2.45) is 5.92 Å². The van der Waals surface area contributed by atoms with E-state index in [-0.39, 0.29) is 18.4 Å². The van der Waals surface area contributed by atoms with Gasteiger partial charge in [-0.2, -0.15) is 0 Å². The van der Waals surface area contributed by atoms with Crippen LogP contribution < -0.4 is 0 Å². The highest BCUT2D eigenvalue weighted by molar-refractivity contribution is 6.35. The number of benzene rings is 1. The molecule has 0 radical (unpaired) electrons. The molecule has 2 atom stereocenters. The molecular formula is C17H21Cl2NO4. The Morgan fingerprint density at radius 3 is 2.42 bits per heavy atom. The van der Waals surface area contributed by atoms with Crippen molar-refractivity contribution in [1.82, 2.24) is 4.90 Å². The molecule has 1 aromatic carbocycles. The third kappa shape index (κ3) is 4.33. The van der Waals surface area contributed by atoms with Crippen molar-refractivity contribution in [3.8, 4) is 0 Å². The van der Waals surface area contributed by atoms with Crippen molar-refractivity contribution in [3.63, 3.8) is 0 Å². The molecule has 1 saturated heterocycles. The summed E-state index contributed by atoms with van der Waals surface area (Å²) in [5, 5.41) is 0.979. The van der Waals surface area contributed by atoms with Crippen LogP contribution in [0.5, 0.6) is 0 Å². The molecule has 1 aliphatic heterocycles. The van der Waals surface area contributed by atoms with Crippen molar-refractivity contribution >= 4 is 35.3 Å². The van der Waals surface area contributed by atoms with Gasteiger partial charge in [0.25, 0.3) is 0 Å². The average Bonchev–Trinajstić information content (AvgIpc) is 2.89. The molecule has 0 spiro atoms. The van der Waals surface area contributed by atoms with Crippen LogP contribution in [0, 0.1) is 5.92 Å². The summed E-state index contributed by atoms with van der Waals surface area (Å²) < 4.78 is 10.3. The Bertz CT molecular complexity index is 642. The number of hydrogen-bond acceptors (Lipinski definition) is 4. The number of hydrogen-bond donors (Lipinski definition) is 0. The molecule has 0 saturated carbocycles.